The Labute approximate surface area is 133 Å². The third kappa shape index (κ3) is 8.31. The van der Waals surface area contributed by atoms with E-state index in [1.807, 2.05) is 0 Å². The van der Waals surface area contributed by atoms with Crippen molar-refractivity contribution in [1.82, 2.24) is 0 Å². The number of carboxylic acid groups (broad SMARTS) is 1. The van der Waals surface area contributed by atoms with E-state index in [2.05, 4.69) is 0 Å². The van der Waals surface area contributed by atoms with Crippen LogP contribution in [-0.2, 0) is 4.79 Å². The SMILES string of the molecule is NC(C(=O)O)(C(F)F)C(O)CC/C=C/CCCCCCC(F)F. The van der Waals surface area contributed by atoms with Crippen LogP contribution in [0.2, 0.25) is 0 Å². The van der Waals surface area contributed by atoms with Crippen molar-refractivity contribution in [3.8, 4) is 0 Å². The van der Waals surface area contributed by atoms with Gasteiger partial charge in [-0.25, -0.2) is 22.4 Å². The molecule has 0 heterocycles. The van der Waals surface area contributed by atoms with Gasteiger partial charge in [-0.05, 0) is 32.1 Å². The Morgan fingerprint density at radius 2 is 1.57 bits per heavy atom. The molecule has 0 amide bonds. The van der Waals surface area contributed by atoms with Crippen LogP contribution in [0, 0.1) is 0 Å². The highest BCUT2D eigenvalue weighted by atomic mass is 19.3. The molecule has 0 aliphatic carbocycles. The first kappa shape index (κ1) is 21.9. The van der Waals surface area contributed by atoms with Crippen LogP contribution >= 0.6 is 0 Å². The van der Waals surface area contributed by atoms with E-state index in [0.717, 1.165) is 19.3 Å². The molecule has 0 aliphatic rings. The van der Waals surface area contributed by atoms with Crippen LogP contribution in [0.1, 0.15) is 51.4 Å². The lowest BCUT2D eigenvalue weighted by molar-refractivity contribution is -0.157. The van der Waals surface area contributed by atoms with Crippen LogP contribution in [-0.4, -0.2) is 40.7 Å². The largest absolute Gasteiger partial charge is 0.480 e. The standard InChI is InChI=1S/C15H25F4NO3/c16-12(17)10-8-6-4-2-1-3-5-7-9-11(21)15(20,13(18)19)14(22)23/h3,5,11-13,21H,1-2,4,6-10,20H2,(H,22,23)/b5-3+. The molecule has 23 heavy (non-hydrogen) atoms. The number of alkyl halides is 4. The first-order valence-corrected chi connectivity index (χ1v) is 7.64. The summed E-state index contributed by atoms with van der Waals surface area (Å²) in [6.45, 7) is 0. The molecule has 0 spiro atoms. The van der Waals surface area contributed by atoms with Crippen molar-refractivity contribution >= 4 is 5.97 Å². The first-order chi connectivity index (χ1) is 10.7. The van der Waals surface area contributed by atoms with Crippen molar-refractivity contribution in [3.05, 3.63) is 12.2 Å². The molecule has 0 radical (unpaired) electrons. The predicted octanol–water partition coefficient (Wildman–Crippen LogP) is 3.34. The molecule has 2 unspecified atom stereocenters. The molecule has 0 saturated heterocycles. The van der Waals surface area contributed by atoms with E-state index in [1.165, 1.54) is 0 Å². The van der Waals surface area contributed by atoms with E-state index < -0.39 is 30.5 Å². The Hall–Kier alpha value is -1.15. The topological polar surface area (TPSA) is 83.6 Å². The molecule has 2 atom stereocenters. The van der Waals surface area contributed by atoms with Crippen LogP contribution in [0.25, 0.3) is 0 Å². The Balaban J connectivity index is 3.87. The molecule has 0 aliphatic heterocycles. The van der Waals surface area contributed by atoms with Gasteiger partial charge in [0.1, 0.15) is 0 Å². The minimum atomic E-state index is -3.37. The number of aliphatic carboxylic acids is 1. The fourth-order valence-corrected chi connectivity index (χ4v) is 2.02. The molecule has 0 aromatic rings. The van der Waals surface area contributed by atoms with Gasteiger partial charge in [0, 0.05) is 6.42 Å². The number of unbranched alkanes of at least 4 members (excludes halogenated alkanes) is 4. The van der Waals surface area contributed by atoms with E-state index >= 15 is 0 Å². The molecule has 0 fully saturated rings. The van der Waals surface area contributed by atoms with E-state index in [4.69, 9.17) is 10.8 Å². The number of carboxylic acids is 1. The third-order valence-corrected chi connectivity index (χ3v) is 3.60. The fourth-order valence-electron chi connectivity index (χ4n) is 2.02. The van der Waals surface area contributed by atoms with Gasteiger partial charge in [0.05, 0.1) is 6.10 Å². The van der Waals surface area contributed by atoms with Gasteiger partial charge < -0.3 is 15.9 Å². The van der Waals surface area contributed by atoms with Crippen molar-refractivity contribution in [1.29, 1.82) is 0 Å². The molecule has 0 aromatic carbocycles. The molecule has 8 heteroatoms. The zero-order chi connectivity index (χ0) is 17.9. The van der Waals surface area contributed by atoms with Gasteiger partial charge in [0.25, 0.3) is 6.43 Å². The fraction of sp³-hybridized carbons (Fsp3) is 0.800. The Morgan fingerprint density at radius 3 is 2.09 bits per heavy atom. The molecule has 4 nitrogen and oxygen atoms in total. The predicted molar refractivity (Wildman–Crippen MR) is 78.6 cm³/mol. The van der Waals surface area contributed by atoms with Gasteiger partial charge in [-0.2, -0.15) is 0 Å². The van der Waals surface area contributed by atoms with E-state index in [0.29, 0.717) is 12.8 Å². The molecule has 0 rings (SSSR count). The van der Waals surface area contributed by atoms with E-state index in [1.54, 1.807) is 12.2 Å². The second-order valence-electron chi connectivity index (χ2n) is 5.49. The number of hydrogen-bond acceptors (Lipinski definition) is 3. The van der Waals surface area contributed by atoms with E-state index in [-0.39, 0.29) is 19.3 Å². The van der Waals surface area contributed by atoms with Crippen molar-refractivity contribution in [2.45, 2.75) is 75.9 Å². The van der Waals surface area contributed by atoms with Crippen LogP contribution in [0.3, 0.4) is 0 Å². The second-order valence-corrected chi connectivity index (χ2v) is 5.49. The summed E-state index contributed by atoms with van der Waals surface area (Å²) in [7, 11) is 0. The molecular formula is C15H25F4NO3. The number of allylic oxidation sites excluding steroid dienone is 2. The summed E-state index contributed by atoms with van der Waals surface area (Å²) in [5.74, 6) is -1.94. The van der Waals surface area contributed by atoms with Crippen LogP contribution < -0.4 is 5.73 Å². The van der Waals surface area contributed by atoms with Crippen molar-refractivity contribution in [3.63, 3.8) is 0 Å². The number of nitrogens with two attached hydrogens (primary N) is 1. The highest BCUT2D eigenvalue weighted by Gasteiger charge is 2.49. The minimum Gasteiger partial charge on any atom is -0.480 e. The number of carbonyl (C=O) groups is 1. The van der Waals surface area contributed by atoms with E-state index in [9.17, 15) is 27.5 Å². The number of aliphatic hydroxyl groups excluding tert-OH is 1. The van der Waals surface area contributed by atoms with Crippen molar-refractivity contribution in [2.75, 3.05) is 0 Å². The first-order valence-electron chi connectivity index (χ1n) is 7.64. The summed E-state index contributed by atoms with van der Waals surface area (Å²) in [4.78, 5) is 10.8. The van der Waals surface area contributed by atoms with Gasteiger partial charge in [-0.3, -0.25) is 0 Å². The normalized spacial score (nSPS) is 16.2. The van der Waals surface area contributed by atoms with Crippen LogP contribution in [0.15, 0.2) is 12.2 Å². The third-order valence-electron chi connectivity index (χ3n) is 3.60. The van der Waals surface area contributed by atoms with Crippen molar-refractivity contribution in [2.24, 2.45) is 5.73 Å². The molecule has 0 bridgehead atoms. The summed E-state index contributed by atoms with van der Waals surface area (Å²) in [6.07, 6.45) is -0.448. The van der Waals surface area contributed by atoms with Crippen LogP contribution in [0.4, 0.5) is 17.6 Å². The number of aliphatic hydroxyl groups is 1. The van der Waals surface area contributed by atoms with Gasteiger partial charge >= 0.3 is 5.97 Å². The average Bonchev–Trinajstić information content (AvgIpc) is 2.47. The van der Waals surface area contributed by atoms with Crippen LogP contribution in [0.5, 0.6) is 0 Å². The zero-order valence-corrected chi connectivity index (χ0v) is 12.9. The maximum Gasteiger partial charge on any atom is 0.332 e. The molecule has 4 N–H and O–H groups in total. The molecule has 0 aromatic heterocycles. The Bertz CT molecular complexity index is 367. The summed E-state index contributed by atoms with van der Waals surface area (Å²) >= 11 is 0. The lowest BCUT2D eigenvalue weighted by Gasteiger charge is -2.28. The monoisotopic (exact) mass is 343 g/mol. The number of halogens is 4. The quantitative estimate of drug-likeness (QED) is 0.272. The number of rotatable bonds is 13. The average molecular weight is 343 g/mol. The molecule has 0 saturated carbocycles. The molecule has 136 valence electrons. The minimum absolute atomic E-state index is 0.0811. The van der Waals surface area contributed by atoms with Gasteiger partial charge in [-0.1, -0.05) is 25.0 Å². The lowest BCUT2D eigenvalue weighted by atomic mass is 9.91. The number of hydrogen-bond donors (Lipinski definition) is 3. The van der Waals surface area contributed by atoms with Gasteiger partial charge in [0.2, 0.25) is 12.0 Å². The molecular weight excluding hydrogens is 318 g/mol. The lowest BCUT2D eigenvalue weighted by Crippen LogP contribution is -2.62. The maximum atomic E-state index is 12.7. The highest BCUT2D eigenvalue weighted by Crippen LogP contribution is 2.21. The van der Waals surface area contributed by atoms with Crippen molar-refractivity contribution < 1.29 is 32.6 Å². The summed E-state index contributed by atoms with van der Waals surface area (Å²) in [5.41, 5.74) is 2.12. The summed E-state index contributed by atoms with van der Waals surface area (Å²) in [5, 5.41) is 18.3. The Kier molecular flexibility index (Phi) is 10.8. The smallest absolute Gasteiger partial charge is 0.332 e. The van der Waals surface area contributed by atoms with Gasteiger partial charge in [-0.15, -0.1) is 0 Å². The second kappa shape index (κ2) is 11.4. The summed E-state index contributed by atoms with van der Waals surface area (Å²) in [6, 6.07) is 0. The zero-order valence-electron chi connectivity index (χ0n) is 12.9. The Morgan fingerprint density at radius 1 is 1.00 bits per heavy atom. The van der Waals surface area contributed by atoms with Gasteiger partial charge in [0.15, 0.2) is 0 Å². The maximum absolute atomic E-state index is 12.7. The summed E-state index contributed by atoms with van der Waals surface area (Å²) < 4.78 is 49.1. The highest BCUT2D eigenvalue weighted by molar-refractivity contribution is 5.80.